The summed E-state index contributed by atoms with van der Waals surface area (Å²) in [5, 5.41) is 0. The van der Waals surface area contributed by atoms with Crippen LogP contribution >= 0.6 is 0 Å². The SMILES string of the molecule is CCOc1ccc(C(=O)N(C)[C@@]2(C)CCS(=O)(=O)C2)cc1. The average Bonchev–Trinajstić information content (AvgIpc) is 2.73. The van der Waals surface area contributed by atoms with Crippen molar-refractivity contribution in [3.8, 4) is 5.75 Å². The lowest BCUT2D eigenvalue weighted by atomic mass is 9.99. The molecule has 2 rings (SSSR count). The smallest absolute Gasteiger partial charge is 0.254 e. The van der Waals surface area contributed by atoms with E-state index in [2.05, 4.69) is 0 Å². The molecule has 1 saturated heterocycles. The van der Waals surface area contributed by atoms with Crippen molar-refractivity contribution in [2.45, 2.75) is 25.8 Å². The van der Waals surface area contributed by atoms with Crippen molar-refractivity contribution in [3.63, 3.8) is 0 Å². The number of ether oxygens (including phenoxy) is 1. The maximum absolute atomic E-state index is 12.5. The number of benzene rings is 1. The van der Waals surface area contributed by atoms with Crippen molar-refractivity contribution in [1.82, 2.24) is 4.90 Å². The maximum atomic E-state index is 12.5. The van der Waals surface area contributed by atoms with Gasteiger partial charge in [0, 0.05) is 12.6 Å². The molecule has 0 spiro atoms. The maximum Gasteiger partial charge on any atom is 0.254 e. The quantitative estimate of drug-likeness (QED) is 0.849. The zero-order valence-electron chi connectivity index (χ0n) is 12.6. The van der Waals surface area contributed by atoms with Crippen LogP contribution in [0.5, 0.6) is 5.75 Å². The third-order valence-electron chi connectivity index (χ3n) is 4.01. The Hall–Kier alpha value is -1.56. The Kier molecular flexibility index (Phi) is 4.27. The van der Waals surface area contributed by atoms with Crippen molar-refractivity contribution in [1.29, 1.82) is 0 Å². The molecule has 6 heteroatoms. The molecule has 1 aromatic rings. The summed E-state index contributed by atoms with van der Waals surface area (Å²) in [6.07, 6.45) is 0.481. The van der Waals surface area contributed by atoms with E-state index in [4.69, 9.17) is 4.74 Å². The van der Waals surface area contributed by atoms with E-state index >= 15 is 0 Å². The molecule has 0 N–H and O–H groups in total. The van der Waals surface area contributed by atoms with Gasteiger partial charge in [-0.25, -0.2) is 8.42 Å². The molecule has 0 bridgehead atoms. The number of hydrogen-bond donors (Lipinski definition) is 0. The summed E-state index contributed by atoms with van der Waals surface area (Å²) in [5.74, 6) is 0.716. The first-order chi connectivity index (χ1) is 9.77. The third-order valence-corrected chi connectivity index (χ3v) is 5.90. The van der Waals surface area contributed by atoms with E-state index in [0.29, 0.717) is 24.3 Å². The molecule has 0 saturated carbocycles. The average molecular weight is 311 g/mol. The molecule has 1 fully saturated rings. The van der Waals surface area contributed by atoms with Gasteiger partial charge in [-0.15, -0.1) is 0 Å². The van der Waals surface area contributed by atoms with Gasteiger partial charge in [0.25, 0.3) is 5.91 Å². The van der Waals surface area contributed by atoms with Crippen LogP contribution < -0.4 is 4.74 Å². The number of carbonyl (C=O) groups excluding carboxylic acids is 1. The Morgan fingerprint density at radius 2 is 1.95 bits per heavy atom. The zero-order valence-corrected chi connectivity index (χ0v) is 13.4. The Labute approximate surface area is 125 Å². The molecule has 0 unspecified atom stereocenters. The first-order valence-electron chi connectivity index (χ1n) is 6.99. The highest BCUT2D eigenvalue weighted by Gasteiger charge is 2.43. The van der Waals surface area contributed by atoms with Crippen LogP contribution in [-0.2, 0) is 9.84 Å². The summed E-state index contributed by atoms with van der Waals surface area (Å²) in [7, 11) is -1.38. The first kappa shape index (κ1) is 15.8. The lowest BCUT2D eigenvalue weighted by Gasteiger charge is -2.34. The standard InChI is InChI=1S/C15H21NO4S/c1-4-20-13-7-5-12(6-8-13)14(17)16(3)15(2)9-10-21(18,19)11-15/h5-8H,4,9-11H2,1-3H3/t15-/m0/s1. The predicted octanol–water partition coefficient (Wildman–Crippen LogP) is 1.73. The van der Waals surface area contributed by atoms with Gasteiger partial charge in [0.1, 0.15) is 5.75 Å². The summed E-state index contributed by atoms with van der Waals surface area (Å²) >= 11 is 0. The van der Waals surface area contributed by atoms with Gasteiger partial charge in [0.2, 0.25) is 0 Å². The van der Waals surface area contributed by atoms with Crippen LogP contribution in [-0.4, -0.2) is 49.9 Å². The molecule has 5 nitrogen and oxygen atoms in total. The van der Waals surface area contributed by atoms with E-state index < -0.39 is 15.4 Å². The molecule has 1 heterocycles. The summed E-state index contributed by atoms with van der Waals surface area (Å²) < 4.78 is 28.7. The molecular weight excluding hydrogens is 290 g/mol. The minimum absolute atomic E-state index is 0.0271. The molecule has 0 radical (unpaired) electrons. The Morgan fingerprint density at radius 3 is 2.43 bits per heavy atom. The number of carbonyl (C=O) groups is 1. The second-order valence-electron chi connectivity index (χ2n) is 5.66. The van der Waals surface area contributed by atoms with Crippen molar-refractivity contribution in [2.75, 3.05) is 25.2 Å². The lowest BCUT2D eigenvalue weighted by Crippen LogP contribution is -2.48. The molecular formula is C15H21NO4S. The third kappa shape index (κ3) is 3.37. The van der Waals surface area contributed by atoms with Gasteiger partial charge < -0.3 is 9.64 Å². The van der Waals surface area contributed by atoms with Gasteiger partial charge >= 0.3 is 0 Å². The largest absolute Gasteiger partial charge is 0.494 e. The van der Waals surface area contributed by atoms with Crippen molar-refractivity contribution in [3.05, 3.63) is 29.8 Å². The minimum Gasteiger partial charge on any atom is -0.494 e. The zero-order chi connectivity index (χ0) is 15.7. The Bertz CT molecular complexity index is 624. The van der Waals surface area contributed by atoms with Crippen LogP contribution in [0, 0.1) is 0 Å². The molecule has 1 aromatic carbocycles. The fourth-order valence-corrected chi connectivity index (χ4v) is 4.74. The van der Waals surface area contributed by atoms with E-state index in [0.717, 1.165) is 0 Å². The highest BCUT2D eigenvalue weighted by molar-refractivity contribution is 7.91. The monoisotopic (exact) mass is 311 g/mol. The number of nitrogens with zero attached hydrogens (tertiary/aromatic N) is 1. The Balaban J connectivity index is 2.16. The molecule has 1 aliphatic rings. The number of amides is 1. The highest BCUT2D eigenvalue weighted by atomic mass is 32.2. The molecule has 0 aromatic heterocycles. The van der Waals surface area contributed by atoms with E-state index in [-0.39, 0.29) is 17.4 Å². The van der Waals surface area contributed by atoms with Gasteiger partial charge in [-0.3, -0.25) is 4.79 Å². The second-order valence-corrected chi connectivity index (χ2v) is 7.84. The molecule has 0 aliphatic carbocycles. The van der Waals surface area contributed by atoms with Crippen LogP contribution in [0.2, 0.25) is 0 Å². The number of sulfone groups is 1. The van der Waals surface area contributed by atoms with Crippen LogP contribution in [0.1, 0.15) is 30.6 Å². The molecule has 21 heavy (non-hydrogen) atoms. The van der Waals surface area contributed by atoms with E-state index in [1.807, 2.05) is 13.8 Å². The number of hydrogen-bond acceptors (Lipinski definition) is 4. The Morgan fingerprint density at radius 1 is 1.33 bits per heavy atom. The first-order valence-corrected chi connectivity index (χ1v) is 8.81. The van der Waals surface area contributed by atoms with Gasteiger partial charge in [-0.1, -0.05) is 0 Å². The van der Waals surface area contributed by atoms with Crippen molar-refractivity contribution in [2.24, 2.45) is 0 Å². The van der Waals surface area contributed by atoms with E-state index in [1.165, 1.54) is 0 Å². The summed E-state index contributed by atoms with van der Waals surface area (Å²) in [5.41, 5.74) is -0.0967. The van der Waals surface area contributed by atoms with E-state index in [9.17, 15) is 13.2 Å². The molecule has 1 aliphatic heterocycles. The van der Waals surface area contributed by atoms with Crippen LogP contribution in [0.15, 0.2) is 24.3 Å². The molecule has 1 amide bonds. The number of rotatable bonds is 4. The van der Waals surface area contributed by atoms with Crippen LogP contribution in [0.4, 0.5) is 0 Å². The highest BCUT2D eigenvalue weighted by Crippen LogP contribution is 2.29. The van der Waals surface area contributed by atoms with Gasteiger partial charge in [0.05, 0.1) is 23.7 Å². The van der Waals surface area contributed by atoms with Gasteiger partial charge in [-0.2, -0.15) is 0 Å². The summed E-state index contributed by atoms with van der Waals surface area (Å²) in [4.78, 5) is 14.1. The fraction of sp³-hybridized carbons (Fsp3) is 0.533. The van der Waals surface area contributed by atoms with E-state index in [1.54, 1.807) is 36.2 Å². The van der Waals surface area contributed by atoms with Gasteiger partial charge in [0.15, 0.2) is 9.84 Å². The summed E-state index contributed by atoms with van der Waals surface area (Å²) in [6.45, 7) is 4.29. The van der Waals surface area contributed by atoms with Crippen LogP contribution in [0.3, 0.4) is 0 Å². The predicted molar refractivity (Wildman–Crippen MR) is 81.4 cm³/mol. The second kappa shape index (κ2) is 5.67. The summed E-state index contributed by atoms with van der Waals surface area (Å²) in [6, 6.07) is 6.91. The molecule has 1 atom stereocenters. The van der Waals surface area contributed by atoms with Crippen LogP contribution in [0.25, 0.3) is 0 Å². The topological polar surface area (TPSA) is 63.7 Å². The lowest BCUT2D eigenvalue weighted by molar-refractivity contribution is 0.0638. The minimum atomic E-state index is -3.04. The fourth-order valence-electron chi connectivity index (χ4n) is 2.56. The van der Waals surface area contributed by atoms with Crippen molar-refractivity contribution < 1.29 is 17.9 Å². The van der Waals surface area contributed by atoms with Crippen molar-refractivity contribution >= 4 is 15.7 Å². The normalized spacial score (nSPS) is 23.8. The molecule has 116 valence electrons. The van der Waals surface area contributed by atoms with Gasteiger partial charge in [-0.05, 0) is 44.5 Å².